The summed E-state index contributed by atoms with van der Waals surface area (Å²) in [6.07, 6.45) is -4.42. The molecule has 1 aromatic heterocycles. The Balaban J connectivity index is 3.52. The van der Waals surface area contributed by atoms with Crippen LogP contribution in [0.4, 0.5) is 24.7 Å². The third kappa shape index (κ3) is 3.27. The summed E-state index contributed by atoms with van der Waals surface area (Å²) >= 11 is 0. The number of nitrogens with zero attached hydrogens (tertiary/aromatic N) is 1. The number of alkyl halides is 3. The van der Waals surface area contributed by atoms with Gasteiger partial charge in [-0.2, -0.15) is 0 Å². The first-order chi connectivity index (χ1) is 7.52. The zero-order valence-electron chi connectivity index (χ0n) is 7.82. The van der Waals surface area contributed by atoms with Gasteiger partial charge in [0.1, 0.15) is 5.82 Å². The molecule has 96 valence electrons. The van der Waals surface area contributed by atoms with Crippen LogP contribution in [0.5, 0.6) is 5.75 Å². The number of hydrogen-bond acceptors (Lipinski definition) is 6. The Morgan fingerprint density at radius 3 is 2.29 bits per heavy atom. The molecule has 0 aliphatic heterocycles. The minimum Gasteiger partial charge on any atom is -0.402 e. The van der Waals surface area contributed by atoms with Gasteiger partial charge in [0.25, 0.3) is 9.05 Å². The Kier molecular flexibility index (Phi) is 3.30. The topological polar surface area (TPSA) is 108 Å². The van der Waals surface area contributed by atoms with Gasteiger partial charge in [0.05, 0.1) is 11.9 Å². The van der Waals surface area contributed by atoms with E-state index in [4.69, 9.17) is 22.1 Å². The molecule has 6 nitrogen and oxygen atoms in total. The second kappa shape index (κ2) is 4.11. The van der Waals surface area contributed by atoms with Crippen LogP contribution < -0.4 is 16.2 Å². The van der Waals surface area contributed by atoms with Crippen molar-refractivity contribution in [3.63, 3.8) is 0 Å². The molecule has 0 unspecified atom stereocenters. The van der Waals surface area contributed by atoms with E-state index >= 15 is 0 Å². The third-order valence-corrected chi connectivity index (χ3v) is 2.85. The summed E-state index contributed by atoms with van der Waals surface area (Å²) in [6.45, 7) is 0. The van der Waals surface area contributed by atoms with Gasteiger partial charge in [0.2, 0.25) is 0 Å². The molecule has 0 bridgehead atoms. The van der Waals surface area contributed by atoms with Crippen LogP contribution in [0.1, 0.15) is 0 Å². The lowest BCUT2D eigenvalue weighted by atomic mass is 10.4. The average Bonchev–Trinajstić information content (AvgIpc) is 2.06. The van der Waals surface area contributed by atoms with E-state index in [1.54, 1.807) is 0 Å². The van der Waals surface area contributed by atoms with E-state index < -0.39 is 37.6 Å². The van der Waals surface area contributed by atoms with Gasteiger partial charge in [-0.25, -0.2) is 13.4 Å². The summed E-state index contributed by atoms with van der Waals surface area (Å²) in [5.41, 5.74) is 9.59. The Morgan fingerprint density at radius 1 is 1.35 bits per heavy atom. The van der Waals surface area contributed by atoms with Gasteiger partial charge in [0, 0.05) is 10.7 Å². The number of rotatable bonds is 2. The number of anilines is 2. The van der Waals surface area contributed by atoms with E-state index in [1.807, 2.05) is 0 Å². The molecule has 0 saturated heterocycles. The van der Waals surface area contributed by atoms with Crippen LogP contribution in [-0.2, 0) is 9.05 Å². The minimum atomic E-state index is -5.14. The van der Waals surface area contributed by atoms with E-state index in [2.05, 4.69) is 9.72 Å². The maximum Gasteiger partial charge on any atom is 0.573 e. The first-order valence-corrected chi connectivity index (χ1v) is 6.07. The van der Waals surface area contributed by atoms with Crippen molar-refractivity contribution in [3.05, 3.63) is 6.20 Å². The molecule has 4 N–H and O–H groups in total. The van der Waals surface area contributed by atoms with Crippen LogP contribution in [0.25, 0.3) is 0 Å². The highest BCUT2D eigenvalue weighted by atomic mass is 35.7. The molecule has 0 radical (unpaired) electrons. The number of aromatic nitrogens is 1. The van der Waals surface area contributed by atoms with Crippen LogP contribution in [0, 0.1) is 0 Å². The van der Waals surface area contributed by atoms with Crippen molar-refractivity contribution in [2.45, 2.75) is 11.3 Å². The molecule has 0 spiro atoms. The van der Waals surface area contributed by atoms with Gasteiger partial charge in [-0.1, -0.05) is 0 Å². The molecule has 0 aliphatic rings. The maximum atomic E-state index is 12.0. The molecule has 1 heterocycles. The zero-order valence-corrected chi connectivity index (χ0v) is 9.40. The average molecular weight is 292 g/mol. The Morgan fingerprint density at radius 2 is 1.88 bits per heavy atom. The zero-order chi connectivity index (χ0) is 13.4. The number of hydrogen-bond donors (Lipinski definition) is 2. The summed E-state index contributed by atoms with van der Waals surface area (Å²) in [7, 11) is 0.340. The van der Waals surface area contributed by atoms with Crippen molar-refractivity contribution in [2.24, 2.45) is 0 Å². The largest absolute Gasteiger partial charge is 0.573 e. The SMILES string of the molecule is Nc1cnc(N)c(S(=O)(=O)Cl)c1OC(F)(F)F. The number of halogens is 4. The molecule has 1 rings (SSSR count). The lowest BCUT2D eigenvalue weighted by Crippen LogP contribution is -2.20. The van der Waals surface area contributed by atoms with Crippen molar-refractivity contribution in [2.75, 3.05) is 11.5 Å². The van der Waals surface area contributed by atoms with E-state index in [0.29, 0.717) is 0 Å². The predicted molar refractivity (Wildman–Crippen MR) is 52.8 cm³/mol. The van der Waals surface area contributed by atoms with Crippen molar-refractivity contribution in [1.82, 2.24) is 4.98 Å². The molecule has 1 aromatic rings. The highest BCUT2D eigenvalue weighted by molar-refractivity contribution is 8.14. The van der Waals surface area contributed by atoms with E-state index in [0.717, 1.165) is 6.20 Å². The van der Waals surface area contributed by atoms with E-state index in [9.17, 15) is 21.6 Å². The van der Waals surface area contributed by atoms with Crippen molar-refractivity contribution >= 4 is 31.2 Å². The summed E-state index contributed by atoms with van der Waals surface area (Å²) in [5, 5.41) is 0. The molecule has 0 saturated carbocycles. The minimum absolute atomic E-state index is 0.657. The fourth-order valence-corrected chi connectivity index (χ4v) is 2.09. The fraction of sp³-hybridized carbons (Fsp3) is 0.167. The van der Waals surface area contributed by atoms with Crippen LogP contribution in [0.15, 0.2) is 11.1 Å². The lowest BCUT2D eigenvalue weighted by molar-refractivity contribution is -0.275. The monoisotopic (exact) mass is 291 g/mol. The van der Waals surface area contributed by atoms with Gasteiger partial charge in [-0.15, -0.1) is 13.2 Å². The Labute approximate surface area is 97.7 Å². The molecule has 0 amide bonds. The number of nitrogen functional groups attached to an aromatic ring is 2. The second-order valence-corrected chi connectivity index (χ2v) is 5.25. The highest BCUT2D eigenvalue weighted by Crippen LogP contribution is 2.38. The van der Waals surface area contributed by atoms with Crippen LogP contribution in [0.3, 0.4) is 0 Å². The smallest absolute Gasteiger partial charge is 0.402 e. The number of pyridine rings is 1. The van der Waals surface area contributed by atoms with Crippen molar-refractivity contribution in [3.8, 4) is 5.75 Å². The molecule has 0 fully saturated rings. The normalized spacial score (nSPS) is 12.5. The summed E-state index contributed by atoms with van der Waals surface area (Å²) in [6, 6.07) is 0. The van der Waals surface area contributed by atoms with Crippen molar-refractivity contribution in [1.29, 1.82) is 0 Å². The summed E-state index contributed by atoms with van der Waals surface area (Å²) < 4.78 is 61.7. The van der Waals surface area contributed by atoms with Crippen LogP contribution >= 0.6 is 10.7 Å². The molecular formula is C6H5ClF3N3O3S. The van der Waals surface area contributed by atoms with Gasteiger partial charge >= 0.3 is 6.36 Å². The number of ether oxygens (including phenoxy) is 1. The predicted octanol–water partition coefficient (Wildman–Crippen LogP) is 1.07. The van der Waals surface area contributed by atoms with Crippen molar-refractivity contribution < 1.29 is 26.3 Å². The van der Waals surface area contributed by atoms with E-state index in [1.165, 1.54) is 0 Å². The lowest BCUT2D eigenvalue weighted by Gasteiger charge is -2.14. The van der Waals surface area contributed by atoms with Gasteiger partial charge < -0.3 is 16.2 Å². The summed E-state index contributed by atoms with van der Waals surface area (Å²) in [4.78, 5) is 2.16. The molecule has 17 heavy (non-hydrogen) atoms. The van der Waals surface area contributed by atoms with Gasteiger partial charge in [-0.05, 0) is 0 Å². The van der Waals surface area contributed by atoms with Crippen LogP contribution in [-0.4, -0.2) is 19.8 Å². The molecule has 0 aliphatic carbocycles. The Hall–Kier alpha value is -1.42. The third-order valence-electron chi connectivity index (χ3n) is 1.51. The standard InChI is InChI=1S/C6H5ClF3N3O3S/c7-17(14,15)4-3(16-6(8,9)10)2(11)1-13-5(4)12/h1H,11H2,(H2,12,13). The molecule has 0 aromatic carbocycles. The highest BCUT2D eigenvalue weighted by Gasteiger charge is 2.36. The molecule has 0 atom stereocenters. The van der Waals surface area contributed by atoms with Gasteiger partial charge in [0.15, 0.2) is 10.6 Å². The fourth-order valence-electron chi connectivity index (χ4n) is 0.960. The Bertz CT molecular complexity index is 545. The first-order valence-electron chi connectivity index (χ1n) is 3.76. The van der Waals surface area contributed by atoms with Crippen LogP contribution in [0.2, 0.25) is 0 Å². The number of nitrogens with two attached hydrogens (primary N) is 2. The summed E-state index contributed by atoms with van der Waals surface area (Å²) in [5.74, 6) is -1.94. The van der Waals surface area contributed by atoms with Gasteiger partial charge in [-0.3, -0.25) is 0 Å². The maximum absolute atomic E-state index is 12.0. The molecule has 11 heteroatoms. The molecular weight excluding hydrogens is 287 g/mol. The first kappa shape index (κ1) is 13.6. The van der Waals surface area contributed by atoms with E-state index in [-0.39, 0.29) is 0 Å². The second-order valence-electron chi connectivity index (χ2n) is 2.74. The quantitative estimate of drug-likeness (QED) is 0.789.